The lowest BCUT2D eigenvalue weighted by molar-refractivity contribution is -0.154. The average Bonchev–Trinajstić information content (AvgIpc) is 2.92. The SMILES string of the molecule is CCOC(=O)[C@@H]1C[C@H](N=[N+]=[N-])CN1C(=O)C1CCCCC1. The zero-order chi connectivity index (χ0) is 15.2. The maximum atomic E-state index is 12.7. The molecule has 7 nitrogen and oxygen atoms in total. The maximum Gasteiger partial charge on any atom is 0.328 e. The zero-order valence-electron chi connectivity index (χ0n) is 12.4. The Bertz CT molecular complexity index is 442. The fraction of sp³-hybridized carbons (Fsp3) is 0.857. The predicted octanol–water partition coefficient (Wildman–Crippen LogP) is 2.41. The third-order valence-corrected chi connectivity index (χ3v) is 4.29. The first-order chi connectivity index (χ1) is 10.2. The van der Waals surface area contributed by atoms with Gasteiger partial charge >= 0.3 is 5.97 Å². The summed E-state index contributed by atoms with van der Waals surface area (Å²) in [6.45, 7) is 2.35. The molecule has 0 unspecified atom stereocenters. The molecule has 1 saturated heterocycles. The van der Waals surface area contributed by atoms with E-state index < -0.39 is 12.0 Å². The number of azide groups is 1. The standard InChI is InChI=1S/C14H22N4O3/c1-2-21-14(20)12-8-11(16-17-15)9-18(12)13(19)10-6-4-3-5-7-10/h10-12H,2-9H2,1H3/t11-,12-/m0/s1. The fourth-order valence-corrected chi connectivity index (χ4v) is 3.26. The molecule has 2 atom stereocenters. The first-order valence-corrected chi connectivity index (χ1v) is 7.68. The number of nitrogens with zero attached hydrogens (tertiary/aromatic N) is 4. The normalized spacial score (nSPS) is 26.2. The van der Waals surface area contributed by atoms with Gasteiger partial charge in [-0.2, -0.15) is 0 Å². The summed E-state index contributed by atoms with van der Waals surface area (Å²) in [6.07, 6.45) is 5.43. The van der Waals surface area contributed by atoms with Crippen LogP contribution in [0.15, 0.2) is 5.11 Å². The second kappa shape index (κ2) is 7.31. The summed E-state index contributed by atoms with van der Waals surface area (Å²) in [4.78, 5) is 29.1. The highest BCUT2D eigenvalue weighted by Crippen LogP contribution is 2.30. The first kappa shape index (κ1) is 15.6. The van der Waals surface area contributed by atoms with Gasteiger partial charge in [-0.05, 0) is 31.7 Å². The minimum Gasteiger partial charge on any atom is -0.464 e. The summed E-state index contributed by atoms with van der Waals surface area (Å²) in [5.41, 5.74) is 8.57. The number of ether oxygens (including phenoxy) is 1. The van der Waals surface area contributed by atoms with Crippen molar-refractivity contribution < 1.29 is 14.3 Å². The van der Waals surface area contributed by atoms with Gasteiger partial charge in [-0.3, -0.25) is 4.79 Å². The molecule has 0 aromatic carbocycles. The van der Waals surface area contributed by atoms with Crippen molar-refractivity contribution in [1.82, 2.24) is 4.90 Å². The van der Waals surface area contributed by atoms with E-state index >= 15 is 0 Å². The lowest BCUT2D eigenvalue weighted by atomic mass is 9.88. The lowest BCUT2D eigenvalue weighted by Crippen LogP contribution is -2.44. The molecule has 116 valence electrons. The molecular weight excluding hydrogens is 272 g/mol. The Balaban J connectivity index is 2.10. The average molecular weight is 294 g/mol. The monoisotopic (exact) mass is 294 g/mol. The van der Waals surface area contributed by atoms with Crippen LogP contribution >= 0.6 is 0 Å². The quantitative estimate of drug-likeness (QED) is 0.345. The molecule has 1 amide bonds. The number of rotatable bonds is 4. The van der Waals surface area contributed by atoms with Gasteiger partial charge in [0.05, 0.1) is 12.6 Å². The van der Waals surface area contributed by atoms with Crippen molar-refractivity contribution in [3.8, 4) is 0 Å². The zero-order valence-corrected chi connectivity index (χ0v) is 12.4. The minimum atomic E-state index is -0.602. The molecular formula is C14H22N4O3. The van der Waals surface area contributed by atoms with Crippen LogP contribution in [-0.4, -0.2) is 42.0 Å². The van der Waals surface area contributed by atoms with Gasteiger partial charge < -0.3 is 9.64 Å². The third kappa shape index (κ3) is 3.67. The van der Waals surface area contributed by atoms with E-state index in [1.54, 1.807) is 11.8 Å². The molecule has 7 heteroatoms. The molecule has 0 spiro atoms. The van der Waals surface area contributed by atoms with Crippen molar-refractivity contribution in [3.05, 3.63) is 10.4 Å². The number of carbonyl (C=O) groups excluding carboxylic acids is 2. The molecule has 1 heterocycles. The molecule has 1 saturated carbocycles. The van der Waals surface area contributed by atoms with E-state index in [2.05, 4.69) is 10.0 Å². The summed E-state index contributed by atoms with van der Waals surface area (Å²) in [6, 6.07) is -0.938. The Hall–Kier alpha value is -1.75. The van der Waals surface area contributed by atoms with Crippen LogP contribution in [0.1, 0.15) is 45.4 Å². The van der Waals surface area contributed by atoms with Crippen LogP contribution in [0.5, 0.6) is 0 Å². The second-order valence-corrected chi connectivity index (χ2v) is 5.69. The molecule has 1 aliphatic heterocycles. The van der Waals surface area contributed by atoms with Crippen molar-refractivity contribution >= 4 is 11.9 Å². The van der Waals surface area contributed by atoms with Crippen LogP contribution in [0.4, 0.5) is 0 Å². The fourth-order valence-electron chi connectivity index (χ4n) is 3.26. The van der Waals surface area contributed by atoms with Crippen molar-refractivity contribution in [2.24, 2.45) is 11.0 Å². The Kier molecular flexibility index (Phi) is 5.44. The van der Waals surface area contributed by atoms with Gasteiger partial charge in [0.25, 0.3) is 0 Å². The third-order valence-electron chi connectivity index (χ3n) is 4.29. The lowest BCUT2D eigenvalue weighted by Gasteiger charge is -2.29. The topological polar surface area (TPSA) is 95.4 Å². The highest BCUT2D eigenvalue weighted by Gasteiger charge is 2.42. The number of esters is 1. The van der Waals surface area contributed by atoms with Crippen LogP contribution in [-0.2, 0) is 14.3 Å². The summed E-state index contributed by atoms with van der Waals surface area (Å²) in [5.74, 6) is -0.374. The van der Waals surface area contributed by atoms with E-state index in [4.69, 9.17) is 10.3 Å². The maximum absolute atomic E-state index is 12.7. The van der Waals surface area contributed by atoms with Crippen molar-refractivity contribution in [3.63, 3.8) is 0 Å². The Morgan fingerprint density at radius 2 is 2.05 bits per heavy atom. The van der Waals surface area contributed by atoms with E-state index in [9.17, 15) is 9.59 Å². The highest BCUT2D eigenvalue weighted by molar-refractivity contribution is 5.86. The molecule has 0 radical (unpaired) electrons. The molecule has 1 aliphatic carbocycles. The Morgan fingerprint density at radius 1 is 1.33 bits per heavy atom. The number of amides is 1. The van der Waals surface area contributed by atoms with Gasteiger partial charge in [0.1, 0.15) is 6.04 Å². The van der Waals surface area contributed by atoms with E-state index in [0.29, 0.717) is 13.0 Å². The van der Waals surface area contributed by atoms with Gasteiger partial charge in [0.15, 0.2) is 0 Å². The van der Waals surface area contributed by atoms with Crippen LogP contribution < -0.4 is 0 Å². The molecule has 21 heavy (non-hydrogen) atoms. The van der Waals surface area contributed by atoms with Gasteiger partial charge in [-0.25, -0.2) is 4.79 Å². The van der Waals surface area contributed by atoms with Crippen LogP contribution in [0, 0.1) is 5.92 Å². The van der Waals surface area contributed by atoms with E-state index in [1.807, 2.05) is 0 Å². The highest BCUT2D eigenvalue weighted by atomic mass is 16.5. The van der Waals surface area contributed by atoms with E-state index in [0.717, 1.165) is 25.7 Å². The molecule has 0 aromatic heterocycles. The van der Waals surface area contributed by atoms with Crippen LogP contribution in [0.2, 0.25) is 0 Å². The molecule has 0 aromatic rings. The van der Waals surface area contributed by atoms with Crippen molar-refractivity contribution in [2.45, 2.75) is 57.5 Å². The smallest absolute Gasteiger partial charge is 0.328 e. The molecule has 2 rings (SSSR count). The van der Waals surface area contributed by atoms with Crippen LogP contribution in [0.3, 0.4) is 0 Å². The minimum absolute atomic E-state index is 0.000455. The van der Waals surface area contributed by atoms with Gasteiger partial charge in [-0.15, -0.1) is 0 Å². The number of carbonyl (C=O) groups is 2. The largest absolute Gasteiger partial charge is 0.464 e. The summed E-state index contributed by atoms with van der Waals surface area (Å²) in [5, 5.41) is 3.67. The second-order valence-electron chi connectivity index (χ2n) is 5.69. The van der Waals surface area contributed by atoms with Gasteiger partial charge in [0.2, 0.25) is 5.91 Å². The van der Waals surface area contributed by atoms with Crippen LogP contribution in [0.25, 0.3) is 10.4 Å². The van der Waals surface area contributed by atoms with E-state index in [-0.39, 0.29) is 24.5 Å². The van der Waals surface area contributed by atoms with Crippen molar-refractivity contribution in [1.29, 1.82) is 0 Å². The molecule has 0 N–H and O–H groups in total. The van der Waals surface area contributed by atoms with Crippen molar-refractivity contribution in [2.75, 3.05) is 13.2 Å². The number of hydrogen-bond donors (Lipinski definition) is 0. The van der Waals surface area contributed by atoms with Gasteiger partial charge in [0, 0.05) is 17.4 Å². The summed E-state index contributed by atoms with van der Waals surface area (Å²) < 4.78 is 5.05. The first-order valence-electron chi connectivity index (χ1n) is 7.68. The number of likely N-dealkylation sites (tertiary alicyclic amines) is 1. The predicted molar refractivity (Wildman–Crippen MR) is 76.3 cm³/mol. The Labute approximate surface area is 124 Å². The summed E-state index contributed by atoms with van der Waals surface area (Å²) in [7, 11) is 0. The van der Waals surface area contributed by atoms with Gasteiger partial charge in [-0.1, -0.05) is 24.4 Å². The molecule has 2 aliphatic rings. The number of hydrogen-bond acceptors (Lipinski definition) is 4. The van der Waals surface area contributed by atoms with E-state index in [1.165, 1.54) is 6.42 Å². The summed E-state index contributed by atoms with van der Waals surface area (Å²) >= 11 is 0. The molecule has 0 bridgehead atoms. The Morgan fingerprint density at radius 3 is 2.67 bits per heavy atom. The molecule has 2 fully saturated rings.